The van der Waals surface area contributed by atoms with Crippen LogP contribution >= 0.6 is 11.6 Å². The van der Waals surface area contributed by atoms with Crippen molar-refractivity contribution in [2.45, 2.75) is 62.6 Å². The van der Waals surface area contributed by atoms with Crippen molar-refractivity contribution in [2.24, 2.45) is 0 Å². The molecule has 194 valence electrons. The molecule has 36 heavy (non-hydrogen) atoms. The Morgan fingerprint density at radius 1 is 1.22 bits per heavy atom. The van der Waals surface area contributed by atoms with Crippen LogP contribution in [-0.2, 0) is 9.53 Å². The molecule has 8 nitrogen and oxygen atoms in total. The summed E-state index contributed by atoms with van der Waals surface area (Å²) in [4.78, 5) is 27.2. The van der Waals surface area contributed by atoms with Crippen LogP contribution in [0.5, 0.6) is 0 Å². The molecule has 2 N–H and O–H groups in total. The number of hydrogen-bond acceptors (Lipinski definition) is 7. The fourth-order valence-electron chi connectivity index (χ4n) is 6.13. The number of aromatic nitrogens is 2. The van der Waals surface area contributed by atoms with E-state index in [9.17, 15) is 9.90 Å². The lowest BCUT2D eigenvalue weighted by Gasteiger charge is -2.39. The molecule has 2 aliphatic heterocycles. The number of nitrogens with one attached hydrogen (secondary N) is 1. The van der Waals surface area contributed by atoms with Crippen molar-refractivity contribution in [1.82, 2.24) is 20.2 Å². The Bertz CT molecular complexity index is 1090. The summed E-state index contributed by atoms with van der Waals surface area (Å²) in [6.07, 6.45) is 4.17. The number of hydrogen-bond donors (Lipinski definition) is 2. The van der Waals surface area contributed by atoms with Gasteiger partial charge < -0.3 is 25.0 Å². The summed E-state index contributed by atoms with van der Waals surface area (Å²) in [5.74, 6) is 0.735. The summed E-state index contributed by atoms with van der Waals surface area (Å²) < 4.78 is 5.61. The summed E-state index contributed by atoms with van der Waals surface area (Å²) in [7, 11) is 1.68. The van der Waals surface area contributed by atoms with Gasteiger partial charge in [0.15, 0.2) is 0 Å². The predicted octanol–water partition coefficient (Wildman–Crippen LogP) is 3.26. The van der Waals surface area contributed by atoms with Gasteiger partial charge in [-0.05, 0) is 50.8 Å². The lowest BCUT2D eigenvalue weighted by Crippen LogP contribution is -2.53. The number of nitrogens with zero attached hydrogens (tertiary/aromatic N) is 4. The van der Waals surface area contributed by atoms with Crippen LogP contribution in [0.2, 0.25) is 5.02 Å². The van der Waals surface area contributed by atoms with Gasteiger partial charge in [-0.1, -0.05) is 23.7 Å². The second kappa shape index (κ2) is 10.2. The molecule has 0 saturated carbocycles. The number of amides is 1. The number of halogens is 1. The second-order valence-corrected chi connectivity index (χ2v) is 11.3. The number of benzene rings is 1. The molecule has 2 saturated heterocycles. The normalized spacial score (nSPS) is 26.2. The van der Waals surface area contributed by atoms with E-state index in [-0.39, 0.29) is 42.0 Å². The second-order valence-electron chi connectivity index (χ2n) is 10.9. The van der Waals surface area contributed by atoms with Crippen LogP contribution in [0, 0.1) is 0 Å². The van der Waals surface area contributed by atoms with Crippen LogP contribution < -0.4 is 10.2 Å². The first-order valence-corrected chi connectivity index (χ1v) is 13.2. The van der Waals surface area contributed by atoms with E-state index in [0.717, 1.165) is 35.5 Å². The van der Waals surface area contributed by atoms with Gasteiger partial charge in [0.2, 0.25) is 5.91 Å². The molecule has 3 heterocycles. The Morgan fingerprint density at radius 2 is 1.94 bits per heavy atom. The van der Waals surface area contributed by atoms with Gasteiger partial charge in [0.1, 0.15) is 18.2 Å². The minimum absolute atomic E-state index is 0.0189. The van der Waals surface area contributed by atoms with Crippen molar-refractivity contribution in [2.75, 3.05) is 44.8 Å². The number of ether oxygens (including phenoxy) is 1. The molecule has 1 aliphatic carbocycles. The Kier molecular flexibility index (Phi) is 7.23. The van der Waals surface area contributed by atoms with E-state index in [4.69, 9.17) is 16.3 Å². The van der Waals surface area contributed by atoms with Crippen LogP contribution in [0.4, 0.5) is 5.82 Å². The number of aliphatic hydroxyl groups excluding tert-OH is 1. The van der Waals surface area contributed by atoms with Crippen molar-refractivity contribution >= 4 is 23.3 Å². The van der Waals surface area contributed by atoms with Crippen molar-refractivity contribution in [3.05, 3.63) is 52.4 Å². The molecule has 2 unspecified atom stereocenters. The predicted molar refractivity (Wildman–Crippen MR) is 139 cm³/mol. The van der Waals surface area contributed by atoms with E-state index in [1.54, 1.807) is 13.4 Å². The molecular formula is C27H36ClN5O3. The number of fused-ring (bicyclic) bond motifs is 1. The third-order valence-corrected chi connectivity index (χ3v) is 8.31. The largest absolute Gasteiger partial charge is 0.396 e. The topological polar surface area (TPSA) is 90.8 Å². The third kappa shape index (κ3) is 4.84. The third-order valence-electron chi connectivity index (χ3n) is 8.06. The molecule has 0 bridgehead atoms. The van der Waals surface area contributed by atoms with E-state index >= 15 is 0 Å². The van der Waals surface area contributed by atoms with Crippen LogP contribution in [0.25, 0.3) is 0 Å². The number of carbonyl (C=O) groups excluding carboxylic acids is 1. The zero-order valence-corrected chi connectivity index (χ0v) is 22.0. The quantitative estimate of drug-likeness (QED) is 0.612. The molecule has 1 aromatic carbocycles. The molecule has 1 amide bonds. The van der Waals surface area contributed by atoms with Crippen molar-refractivity contribution in [3.8, 4) is 0 Å². The lowest BCUT2D eigenvalue weighted by atomic mass is 9.88. The van der Waals surface area contributed by atoms with Crippen LogP contribution in [0.3, 0.4) is 0 Å². The summed E-state index contributed by atoms with van der Waals surface area (Å²) in [5.41, 5.74) is 2.89. The zero-order chi connectivity index (χ0) is 25.4. The first-order chi connectivity index (χ1) is 17.3. The Balaban J connectivity index is 1.34. The first kappa shape index (κ1) is 25.4. The van der Waals surface area contributed by atoms with E-state index in [1.807, 2.05) is 29.2 Å². The highest BCUT2D eigenvalue weighted by Gasteiger charge is 2.41. The van der Waals surface area contributed by atoms with Gasteiger partial charge >= 0.3 is 0 Å². The van der Waals surface area contributed by atoms with Crippen molar-refractivity contribution in [1.29, 1.82) is 0 Å². The zero-order valence-electron chi connectivity index (χ0n) is 21.3. The van der Waals surface area contributed by atoms with Gasteiger partial charge in [0.25, 0.3) is 0 Å². The maximum atomic E-state index is 14.0. The lowest BCUT2D eigenvalue weighted by molar-refractivity contribution is -0.133. The highest BCUT2D eigenvalue weighted by molar-refractivity contribution is 6.30. The summed E-state index contributed by atoms with van der Waals surface area (Å²) >= 11 is 6.15. The average molecular weight is 514 g/mol. The number of aliphatic hydroxyl groups is 1. The smallest absolute Gasteiger partial charge is 0.231 e. The molecule has 5 rings (SSSR count). The van der Waals surface area contributed by atoms with Gasteiger partial charge in [-0.15, -0.1) is 0 Å². The molecule has 0 spiro atoms. The number of rotatable bonds is 6. The summed E-state index contributed by atoms with van der Waals surface area (Å²) in [6, 6.07) is 7.80. The molecule has 0 radical (unpaired) electrons. The van der Waals surface area contributed by atoms with Gasteiger partial charge in [-0.3, -0.25) is 4.79 Å². The molecule has 2 aromatic rings. The molecule has 2 fully saturated rings. The number of anilines is 1. The van der Waals surface area contributed by atoms with Gasteiger partial charge in [0, 0.05) is 61.4 Å². The Morgan fingerprint density at radius 3 is 2.56 bits per heavy atom. The van der Waals surface area contributed by atoms with Crippen LogP contribution in [0.15, 0.2) is 30.6 Å². The van der Waals surface area contributed by atoms with Crippen molar-refractivity contribution < 1.29 is 14.6 Å². The van der Waals surface area contributed by atoms with Crippen LogP contribution in [-0.4, -0.2) is 77.4 Å². The van der Waals surface area contributed by atoms with E-state index in [1.165, 1.54) is 0 Å². The van der Waals surface area contributed by atoms with E-state index in [2.05, 4.69) is 34.0 Å². The minimum Gasteiger partial charge on any atom is -0.396 e. The fraction of sp³-hybridized carbons (Fsp3) is 0.593. The minimum atomic E-state index is -0.250. The Hall–Kier alpha value is -2.26. The Labute approximate surface area is 218 Å². The van der Waals surface area contributed by atoms with E-state index in [0.29, 0.717) is 37.6 Å². The summed E-state index contributed by atoms with van der Waals surface area (Å²) in [6.45, 7) is 7.04. The number of carbonyl (C=O) groups is 1. The molecule has 9 heteroatoms. The summed E-state index contributed by atoms with van der Waals surface area (Å²) in [5, 5.41) is 14.4. The highest BCUT2D eigenvalue weighted by Crippen LogP contribution is 2.44. The average Bonchev–Trinajstić information content (AvgIpc) is 3.44. The molecule has 4 atom stereocenters. The number of piperazine rings is 1. The maximum absolute atomic E-state index is 14.0. The molecular weight excluding hydrogens is 478 g/mol. The fourth-order valence-corrected chi connectivity index (χ4v) is 6.25. The maximum Gasteiger partial charge on any atom is 0.231 e. The molecule has 3 aliphatic rings. The van der Waals surface area contributed by atoms with Gasteiger partial charge in [-0.2, -0.15) is 0 Å². The standard InChI is InChI=1S/C27H36ClN5O3/c1-27(2)9-8-20(31-27)22(17-4-6-19(28)7-5-17)26(35)33-12-10-32(11-13-33)25-23-18(15-34)14-21(36-3)24(23)29-16-30-25/h4-7,16,18,20-22,31,34H,8-15H2,1-3H3/t18-,20?,21+,22?/m0/s1. The van der Waals surface area contributed by atoms with Gasteiger partial charge in [-0.25, -0.2) is 9.97 Å². The van der Waals surface area contributed by atoms with Gasteiger partial charge in [0.05, 0.1) is 18.2 Å². The first-order valence-electron chi connectivity index (χ1n) is 12.9. The SMILES string of the molecule is CO[C@@H]1C[C@@H](CO)c2c1ncnc2N1CCN(C(=O)C(c2ccc(Cl)cc2)C2CCC(C)(C)N2)CC1. The monoisotopic (exact) mass is 513 g/mol. The highest BCUT2D eigenvalue weighted by atomic mass is 35.5. The van der Waals surface area contributed by atoms with E-state index < -0.39 is 0 Å². The number of methoxy groups -OCH3 is 1. The van der Waals surface area contributed by atoms with Crippen molar-refractivity contribution in [3.63, 3.8) is 0 Å². The molecule has 1 aromatic heterocycles. The van der Waals surface area contributed by atoms with Crippen LogP contribution in [0.1, 0.15) is 67.9 Å².